The number of rotatable bonds is 2. The van der Waals surface area contributed by atoms with Gasteiger partial charge in [-0.05, 0) is 67.5 Å². The molecule has 2 aromatic carbocycles. The molecule has 0 saturated carbocycles. The van der Waals surface area contributed by atoms with Gasteiger partial charge in [-0.1, -0.05) is 12.1 Å². The minimum atomic E-state index is -0.193. The number of thiazole rings is 1. The Hall–Kier alpha value is -2.27. The van der Waals surface area contributed by atoms with E-state index in [2.05, 4.69) is 9.88 Å². The minimum Gasteiger partial charge on any atom is -0.333 e. The Morgan fingerprint density at radius 3 is 2.54 bits per heavy atom. The maximum absolute atomic E-state index is 13.2. The Balaban J connectivity index is 1.39. The summed E-state index contributed by atoms with van der Waals surface area (Å²) in [4.78, 5) is 19.6. The van der Waals surface area contributed by atoms with Crippen LogP contribution in [0.15, 0.2) is 48.0 Å². The van der Waals surface area contributed by atoms with E-state index in [-0.39, 0.29) is 23.8 Å². The highest BCUT2D eigenvalue weighted by molar-refractivity contribution is 7.16. The summed E-state index contributed by atoms with van der Waals surface area (Å²) < 4.78 is 14.3. The number of carbonyl (C=O) groups excluding carboxylic acids is 1. The first-order valence-corrected chi connectivity index (χ1v) is 9.98. The van der Waals surface area contributed by atoms with Gasteiger partial charge in [0.2, 0.25) is 0 Å². The number of amides is 1. The summed E-state index contributed by atoms with van der Waals surface area (Å²) in [5.41, 5.74) is 4.64. The Kier molecular flexibility index (Phi) is 3.78. The molecule has 0 aliphatic carbocycles. The Morgan fingerprint density at radius 1 is 1.08 bits per heavy atom. The molecule has 2 saturated heterocycles. The van der Waals surface area contributed by atoms with Crippen molar-refractivity contribution in [3.63, 3.8) is 0 Å². The molecule has 0 N–H and O–H groups in total. The summed E-state index contributed by atoms with van der Waals surface area (Å²) in [5.74, 6) is 0.352. The molecule has 26 heavy (non-hydrogen) atoms. The summed E-state index contributed by atoms with van der Waals surface area (Å²) in [5, 5.41) is 0. The molecule has 2 fully saturated rings. The molecule has 0 spiro atoms. The van der Waals surface area contributed by atoms with E-state index in [4.69, 9.17) is 0 Å². The van der Waals surface area contributed by atoms with Gasteiger partial charge in [0.25, 0.3) is 5.91 Å². The van der Waals surface area contributed by atoms with Crippen molar-refractivity contribution in [2.24, 2.45) is 0 Å². The maximum atomic E-state index is 13.2. The lowest BCUT2D eigenvalue weighted by molar-refractivity contribution is 0.0571. The van der Waals surface area contributed by atoms with Crippen molar-refractivity contribution in [1.82, 2.24) is 9.88 Å². The van der Waals surface area contributed by atoms with Crippen molar-refractivity contribution in [2.45, 2.75) is 43.7 Å². The Bertz CT molecular complexity index is 954. The van der Waals surface area contributed by atoms with Gasteiger partial charge in [-0.15, -0.1) is 11.3 Å². The van der Waals surface area contributed by atoms with Crippen LogP contribution in [0.2, 0.25) is 0 Å². The van der Waals surface area contributed by atoms with Crippen LogP contribution >= 0.6 is 11.3 Å². The molecule has 1 amide bonds. The zero-order valence-corrected chi connectivity index (χ0v) is 15.1. The number of hydrogen-bond donors (Lipinski definition) is 0. The number of nitrogens with zero attached hydrogens (tertiary/aromatic N) is 2. The van der Waals surface area contributed by atoms with Crippen molar-refractivity contribution < 1.29 is 9.18 Å². The van der Waals surface area contributed by atoms with E-state index in [1.165, 1.54) is 17.7 Å². The fourth-order valence-corrected chi connectivity index (χ4v) is 5.31. The van der Waals surface area contributed by atoms with E-state index in [0.29, 0.717) is 5.92 Å². The minimum absolute atomic E-state index is 0.130. The predicted molar refractivity (Wildman–Crippen MR) is 101 cm³/mol. The van der Waals surface area contributed by atoms with E-state index in [9.17, 15) is 9.18 Å². The third-order valence-corrected chi connectivity index (χ3v) is 6.70. The molecule has 3 aromatic rings. The van der Waals surface area contributed by atoms with Gasteiger partial charge in [0, 0.05) is 17.6 Å². The van der Waals surface area contributed by atoms with Gasteiger partial charge in [-0.25, -0.2) is 9.37 Å². The average Bonchev–Trinajstić information content (AvgIpc) is 3.23. The second kappa shape index (κ2) is 6.16. The lowest BCUT2D eigenvalue weighted by Crippen LogP contribution is -2.46. The molecular formula is C21H19FN2OS. The van der Waals surface area contributed by atoms with Crippen LogP contribution in [0, 0.1) is 5.82 Å². The van der Waals surface area contributed by atoms with Crippen LogP contribution in [0.5, 0.6) is 0 Å². The first-order chi connectivity index (χ1) is 12.7. The van der Waals surface area contributed by atoms with Gasteiger partial charge in [0.05, 0.1) is 15.7 Å². The standard InChI is InChI=1S/C21H19FN2OS/c22-16-4-1-13(2-5-16)15-9-17-6-7-18(10-15)24(17)21(25)14-3-8-20-19(11-14)23-12-26-20/h1-5,8,11-12,15,17-18H,6-7,9-10H2/t15-,17+,18-. The second-order valence-corrected chi connectivity index (χ2v) is 8.24. The highest BCUT2D eigenvalue weighted by Crippen LogP contribution is 2.43. The van der Waals surface area contributed by atoms with Crippen LogP contribution in [0.1, 0.15) is 47.5 Å². The monoisotopic (exact) mass is 366 g/mol. The van der Waals surface area contributed by atoms with Crippen molar-refractivity contribution >= 4 is 27.5 Å². The van der Waals surface area contributed by atoms with Crippen LogP contribution in [-0.4, -0.2) is 27.9 Å². The first-order valence-electron chi connectivity index (χ1n) is 9.10. The van der Waals surface area contributed by atoms with E-state index in [1.54, 1.807) is 11.3 Å². The van der Waals surface area contributed by atoms with Crippen molar-refractivity contribution in [1.29, 1.82) is 0 Å². The van der Waals surface area contributed by atoms with Gasteiger partial charge in [-0.2, -0.15) is 0 Å². The predicted octanol–water partition coefficient (Wildman–Crippen LogP) is 4.99. The molecule has 1 aromatic heterocycles. The fourth-order valence-electron chi connectivity index (χ4n) is 4.66. The Morgan fingerprint density at radius 2 is 1.81 bits per heavy atom. The van der Waals surface area contributed by atoms with E-state index in [0.717, 1.165) is 41.5 Å². The molecule has 5 rings (SSSR count). The number of carbonyl (C=O) groups is 1. The van der Waals surface area contributed by atoms with Gasteiger partial charge >= 0.3 is 0 Å². The summed E-state index contributed by atoms with van der Waals surface area (Å²) in [6.45, 7) is 0. The van der Waals surface area contributed by atoms with E-state index >= 15 is 0 Å². The number of piperidine rings is 1. The molecule has 2 aliphatic heterocycles. The Labute approximate surface area is 155 Å². The molecule has 0 unspecified atom stereocenters. The molecule has 3 heterocycles. The summed E-state index contributed by atoms with van der Waals surface area (Å²) >= 11 is 1.59. The van der Waals surface area contributed by atoms with Gasteiger partial charge < -0.3 is 4.90 Å². The first kappa shape index (κ1) is 15.9. The third kappa shape index (κ3) is 2.62. The van der Waals surface area contributed by atoms with Gasteiger partial charge in [-0.3, -0.25) is 4.79 Å². The molecule has 132 valence electrons. The van der Waals surface area contributed by atoms with E-state index < -0.39 is 0 Å². The van der Waals surface area contributed by atoms with Crippen LogP contribution in [0.3, 0.4) is 0 Å². The normalized spacial score (nSPS) is 25.0. The van der Waals surface area contributed by atoms with Crippen LogP contribution in [-0.2, 0) is 0 Å². The van der Waals surface area contributed by atoms with Gasteiger partial charge in [0.1, 0.15) is 5.82 Å². The molecule has 2 bridgehead atoms. The second-order valence-electron chi connectivity index (χ2n) is 7.35. The largest absolute Gasteiger partial charge is 0.333 e. The van der Waals surface area contributed by atoms with Crippen LogP contribution < -0.4 is 0 Å². The lowest BCUT2D eigenvalue weighted by Gasteiger charge is -2.39. The molecule has 3 nitrogen and oxygen atoms in total. The highest BCUT2D eigenvalue weighted by Gasteiger charge is 2.43. The van der Waals surface area contributed by atoms with E-state index in [1.807, 2.05) is 35.8 Å². The number of fused-ring (bicyclic) bond motifs is 3. The summed E-state index contributed by atoms with van der Waals surface area (Å²) in [7, 11) is 0. The maximum Gasteiger partial charge on any atom is 0.254 e. The van der Waals surface area contributed by atoms with Crippen molar-refractivity contribution in [3.8, 4) is 0 Å². The summed E-state index contributed by atoms with van der Waals surface area (Å²) in [6, 6.07) is 13.3. The number of aromatic nitrogens is 1. The molecule has 5 heteroatoms. The zero-order chi connectivity index (χ0) is 17.7. The quantitative estimate of drug-likeness (QED) is 0.640. The molecule has 0 radical (unpaired) electrons. The summed E-state index contributed by atoms with van der Waals surface area (Å²) in [6.07, 6.45) is 4.06. The van der Waals surface area contributed by atoms with Gasteiger partial charge in [0.15, 0.2) is 0 Å². The SMILES string of the molecule is O=C(c1ccc2scnc2c1)N1[C@@H]2CC[C@H]1C[C@@H](c1ccc(F)cc1)C2. The average molecular weight is 366 g/mol. The fraction of sp³-hybridized carbons (Fsp3) is 0.333. The van der Waals surface area contributed by atoms with Crippen molar-refractivity contribution in [3.05, 3.63) is 64.9 Å². The molecule has 2 aliphatic rings. The number of halogens is 1. The van der Waals surface area contributed by atoms with Crippen molar-refractivity contribution in [2.75, 3.05) is 0 Å². The number of hydrogen-bond acceptors (Lipinski definition) is 3. The van der Waals surface area contributed by atoms with Crippen LogP contribution in [0.4, 0.5) is 4.39 Å². The zero-order valence-electron chi connectivity index (χ0n) is 14.3. The molecule has 3 atom stereocenters. The third-order valence-electron chi connectivity index (χ3n) is 5.89. The molecular weight excluding hydrogens is 347 g/mol. The number of benzene rings is 2. The topological polar surface area (TPSA) is 33.2 Å². The highest BCUT2D eigenvalue weighted by atomic mass is 32.1. The lowest BCUT2D eigenvalue weighted by atomic mass is 9.85. The smallest absolute Gasteiger partial charge is 0.254 e. The van der Waals surface area contributed by atoms with Crippen LogP contribution in [0.25, 0.3) is 10.2 Å².